The molecule has 2 aromatic carbocycles. The molecule has 0 fully saturated rings. The van der Waals surface area contributed by atoms with Gasteiger partial charge in [-0.05, 0) is 30.7 Å². The first kappa shape index (κ1) is 16.1. The summed E-state index contributed by atoms with van der Waals surface area (Å²) in [6, 6.07) is 15.9. The van der Waals surface area contributed by atoms with Crippen LogP contribution in [-0.4, -0.2) is 15.7 Å². The Labute approximate surface area is 151 Å². The predicted molar refractivity (Wildman–Crippen MR) is 100 cm³/mol. The van der Waals surface area contributed by atoms with Crippen molar-refractivity contribution in [2.75, 3.05) is 0 Å². The van der Waals surface area contributed by atoms with Crippen molar-refractivity contribution in [3.63, 3.8) is 0 Å². The van der Waals surface area contributed by atoms with Gasteiger partial charge in [0.05, 0.1) is 24.6 Å². The zero-order valence-electron chi connectivity index (χ0n) is 14.5. The Morgan fingerprint density at radius 3 is 2.88 bits per heavy atom. The monoisotopic (exact) mass is 345 g/mol. The van der Waals surface area contributed by atoms with E-state index in [0.717, 1.165) is 33.3 Å². The van der Waals surface area contributed by atoms with E-state index in [9.17, 15) is 4.79 Å². The highest BCUT2D eigenvalue weighted by Gasteiger charge is 2.11. The summed E-state index contributed by atoms with van der Waals surface area (Å²) in [5.74, 6) is -0.0410. The number of amides is 1. The maximum Gasteiger partial charge on any atom is 0.224 e. The number of rotatable bonds is 5. The van der Waals surface area contributed by atoms with Crippen molar-refractivity contribution in [1.29, 1.82) is 0 Å². The van der Waals surface area contributed by atoms with Crippen molar-refractivity contribution >= 4 is 16.9 Å². The number of para-hydroxylation sites is 1. The molecule has 0 aliphatic rings. The molecule has 0 spiro atoms. The van der Waals surface area contributed by atoms with E-state index in [1.54, 1.807) is 17.1 Å². The van der Waals surface area contributed by atoms with Gasteiger partial charge in [0.2, 0.25) is 5.91 Å². The number of hydrogen-bond acceptors (Lipinski definition) is 3. The van der Waals surface area contributed by atoms with Gasteiger partial charge in [0, 0.05) is 29.3 Å². The second kappa shape index (κ2) is 6.88. The maximum atomic E-state index is 12.3. The van der Waals surface area contributed by atoms with Crippen LogP contribution in [0.1, 0.15) is 16.7 Å². The summed E-state index contributed by atoms with van der Waals surface area (Å²) >= 11 is 0. The molecular formula is C21H19N3O2. The standard InChI is InChI=1S/C21H19N3O2/c1-15-7-8-19-17(14-26-20(19)9-15)10-21(25)22-11-16-12-23-24(13-16)18-5-3-2-4-6-18/h2-9,12-14H,10-11H2,1H3,(H,22,25). The highest BCUT2D eigenvalue weighted by molar-refractivity contribution is 5.87. The van der Waals surface area contributed by atoms with E-state index in [1.807, 2.05) is 61.7 Å². The summed E-state index contributed by atoms with van der Waals surface area (Å²) in [5, 5.41) is 8.27. The molecule has 5 heteroatoms. The normalized spacial score (nSPS) is 11.0. The Bertz CT molecular complexity index is 1050. The Balaban J connectivity index is 1.39. The SMILES string of the molecule is Cc1ccc2c(CC(=O)NCc3cnn(-c4ccccc4)c3)coc2c1. The molecule has 1 amide bonds. The quantitative estimate of drug-likeness (QED) is 0.599. The number of fused-ring (bicyclic) bond motifs is 1. The molecule has 4 rings (SSSR count). The van der Waals surface area contributed by atoms with Gasteiger partial charge < -0.3 is 9.73 Å². The van der Waals surface area contributed by atoms with Gasteiger partial charge in [-0.2, -0.15) is 5.10 Å². The Morgan fingerprint density at radius 2 is 2.04 bits per heavy atom. The van der Waals surface area contributed by atoms with Crippen molar-refractivity contribution < 1.29 is 9.21 Å². The van der Waals surface area contributed by atoms with Crippen LogP contribution < -0.4 is 5.32 Å². The molecular weight excluding hydrogens is 326 g/mol. The lowest BCUT2D eigenvalue weighted by Crippen LogP contribution is -2.24. The first-order valence-corrected chi connectivity index (χ1v) is 8.51. The van der Waals surface area contributed by atoms with Gasteiger partial charge in [0.25, 0.3) is 0 Å². The summed E-state index contributed by atoms with van der Waals surface area (Å²) in [4.78, 5) is 12.3. The van der Waals surface area contributed by atoms with E-state index in [1.165, 1.54) is 0 Å². The highest BCUT2D eigenvalue weighted by atomic mass is 16.3. The number of carbonyl (C=O) groups is 1. The Morgan fingerprint density at radius 1 is 1.19 bits per heavy atom. The van der Waals surface area contributed by atoms with Crippen LogP contribution in [-0.2, 0) is 17.8 Å². The predicted octanol–water partition coefficient (Wildman–Crippen LogP) is 3.79. The maximum absolute atomic E-state index is 12.3. The first-order chi connectivity index (χ1) is 12.7. The molecule has 0 unspecified atom stereocenters. The molecule has 5 nitrogen and oxygen atoms in total. The Kier molecular flexibility index (Phi) is 4.27. The molecule has 0 saturated heterocycles. The second-order valence-electron chi connectivity index (χ2n) is 6.34. The van der Waals surface area contributed by atoms with Crippen LogP contribution in [0.4, 0.5) is 0 Å². The fourth-order valence-electron chi connectivity index (χ4n) is 2.94. The molecule has 0 saturated carbocycles. The number of aromatic nitrogens is 2. The van der Waals surface area contributed by atoms with E-state index in [2.05, 4.69) is 10.4 Å². The van der Waals surface area contributed by atoms with Gasteiger partial charge >= 0.3 is 0 Å². The number of hydrogen-bond donors (Lipinski definition) is 1. The Hall–Kier alpha value is -3.34. The summed E-state index contributed by atoms with van der Waals surface area (Å²) in [6.45, 7) is 2.46. The molecule has 26 heavy (non-hydrogen) atoms. The molecule has 2 aromatic heterocycles. The van der Waals surface area contributed by atoms with Crippen molar-refractivity contribution in [1.82, 2.24) is 15.1 Å². The smallest absolute Gasteiger partial charge is 0.224 e. The topological polar surface area (TPSA) is 60.1 Å². The lowest BCUT2D eigenvalue weighted by molar-refractivity contribution is -0.120. The number of aryl methyl sites for hydroxylation is 1. The summed E-state index contributed by atoms with van der Waals surface area (Å²) in [6.07, 6.45) is 5.65. The second-order valence-corrected chi connectivity index (χ2v) is 6.34. The summed E-state index contributed by atoms with van der Waals surface area (Å²) in [7, 11) is 0. The van der Waals surface area contributed by atoms with Gasteiger partial charge in [-0.25, -0.2) is 4.68 Å². The fourth-order valence-corrected chi connectivity index (χ4v) is 2.94. The zero-order chi connectivity index (χ0) is 17.9. The van der Waals surface area contributed by atoms with Gasteiger partial charge in [-0.3, -0.25) is 4.79 Å². The number of benzene rings is 2. The van der Waals surface area contributed by atoms with Gasteiger partial charge in [0.15, 0.2) is 0 Å². The average molecular weight is 345 g/mol. The minimum absolute atomic E-state index is 0.0410. The lowest BCUT2D eigenvalue weighted by Gasteiger charge is -2.03. The minimum Gasteiger partial charge on any atom is -0.464 e. The van der Waals surface area contributed by atoms with Crippen LogP contribution >= 0.6 is 0 Å². The molecule has 4 aromatic rings. The van der Waals surface area contributed by atoms with Gasteiger partial charge in [-0.15, -0.1) is 0 Å². The molecule has 0 aliphatic heterocycles. The van der Waals surface area contributed by atoms with Crippen LogP contribution in [0.15, 0.2) is 71.6 Å². The van der Waals surface area contributed by atoms with Crippen LogP contribution in [0, 0.1) is 6.92 Å². The average Bonchev–Trinajstić information content (AvgIpc) is 3.28. The summed E-state index contributed by atoms with van der Waals surface area (Å²) in [5.41, 5.74) is 4.80. The van der Waals surface area contributed by atoms with Crippen LogP contribution in [0.2, 0.25) is 0 Å². The minimum atomic E-state index is -0.0410. The van der Waals surface area contributed by atoms with Crippen molar-refractivity contribution in [2.24, 2.45) is 0 Å². The van der Waals surface area contributed by atoms with E-state index in [-0.39, 0.29) is 5.91 Å². The molecule has 0 bridgehead atoms. The molecule has 2 heterocycles. The van der Waals surface area contributed by atoms with E-state index in [4.69, 9.17) is 4.42 Å². The largest absolute Gasteiger partial charge is 0.464 e. The van der Waals surface area contributed by atoms with Gasteiger partial charge in [0.1, 0.15) is 5.58 Å². The van der Waals surface area contributed by atoms with Crippen LogP contribution in [0.3, 0.4) is 0 Å². The third-order valence-corrected chi connectivity index (χ3v) is 4.31. The number of furan rings is 1. The number of nitrogens with zero attached hydrogens (tertiary/aromatic N) is 2. The van der Waals surface area contributed by atoms with Crippen LogP contribution in [0.25, 0.3) is 16.7 Å². The summed E-state index contributed by atoms with van der Waals surface area (Å²) < 4.78 is 7.35. The molecule has 130 valence electrons. The molecule has 1 N–H and O–H groups in total. The molecule has 0 aliphatic carbocycles. The highest BCUT2D eigenvalue weighted by Crippen LogP contribution is 2.22. The third-order valence-electron chi connectivity index (χ3n) is 4.31. The van der Waals surface area contributed by atoms with Crippen molar-refractivity contribution in [2.45, 2.75) is 19.9 Å². The van der Waals surface area contributed by atoms with Crippen LogP contribution in [0.5, 0.6) is 0 Å². The fraction of sp³-hybridized carbons (Fsp3) is 0.143. The number of nitrogens with one attached hydrogen (secondary N) is 1. The van der Waals surface area contributed by atoms with E-state index < -0.39 is 0 Å². The van der Waals surface area contributed by atoms with E-state index in [0.29, 0.717) is 13.0 Å². The van der Waals surface area contributed by atoms with E-state index >= 15 is 0 Å². The lowest BCUT2D eigenvalue weighted by atomic mass is 10.1. The zero-order valence-corrected chi connectivity index (χ0v) is 14.5. The molecule has 0 atom stereocenters. The molecule has 0 radical (unpaired) electrons. The van der Waals surface area contributed by atoms with Gasteiger partial charge in [-0.1, -0.05) is 30.3 Å². The first-order valence-electron chi connectivity index (χ1n) is 8.51. The van der Waals surface area contributed by atoms with Crippen molar-refractivity contribution in [3.05, 3.63) is 83.9 Å². The van der Waals surface area contributed by atoms with Crippen molar-refractivity contribution in [3.8, 4) is 5.69 Å². The number of carbonyl (C=O) groups excluding carboxylic acids is 1. The third kappa shape index (κ3) is 3.37.